The molecule has 0 aromatic carbocycles. The fourth-order valence-corrected chi connectivity index (χ4v) is 2.98. The molecule has 1 aliphatic carbocycles. The number of aromatic nitrogens is 2. The van der Waals surface area contributed by atoms with Gasteiger partial charge in [-0.1, -0.05) is 39.8 Å². The molecular formula is C18H34IN5O2. The number of rotatable bonds is 5. The second-order valence-corrected chi connectivity index (χ2v) is 8.52. The number of aliphatic imine (C=N–C) groups is 1. The molecule has 1 saturated carbocycles. The number of hydrogen-bond acceptors (Lipinski definition) is 5. The molecule has 1 aromatic rings. The summed E-state index contributed by atoms with van der Waals surface area (Å²) >= 11 is 0. The van der Waals surface area contributed by atoms with Crippen molar-refractivity contribution in [2.45, 2.75) is 78.5 Å². The molecule has 2 atom stereocenters. The molecule has 0 saturated heterocycles. The van der Waals surface area contributed by atoms with Crippen LogP contribution in [0.25, 0.3) is 0 Å². The topological polar surface area (TPSA) is 84.6 Å². The number of nitrogens with one attached hydrogen (secondary N) is 2. The molecule has 7 nitrogen and oxygen atoms in total. The van der Waals surface area contributed by atoms with Gasteiger partial charge in [0, 0.05) is 30.5 Å². The van der Waals surface area contributed by atoms with Crippen LogP contribution >= 0.6 is 24.0 Å². The van der Waals surface area contributed by atoms with Gasteiger partial charge < -0.3 is 19.9 Å². The van der Waals surface area contributed by atoms with E-state index in [9.17, 15) is 0 Å². The maximum atomic E-state index is 5.69. The molecule has 0 amide bonds. The molecule has 8 heteroatoms. The van der Waals surface area contributed by atoms with E-state index in [0.717, 1.165) is 18.9 Å². The highest BCUT2D eigenvalue weighted by Crippen LogP contribution is 2.51. The van der Waals surface area contributed by atoms with Gasteiger partial charge in [0.2, 0.25) is 5.89 Å². The lowest BCUT2D eigenvalue weighted by Gasteiger charge is -2.59. The van der Waals surface area contributed by atoms with Gasteiger partial charge in [-0.05, 0) is 20.3 Å². The third-order valence-electron chi connectivity index (χ3n) is 5.42. The van der Waals surface area contributed by atoms with Crippen molar-refractivity contribution < 1.29 is 9.26 Å². The van der Waals surface area contributed by atoms with Crippen LogP contribution in [-0.2, 0) is 16.7 Å². The summed E-state index contributed by atoms with van der Waals surface area (Å²) in [5, 5.41) is 10.8. The van der Waals surface area contributed by atoms with Crippen LogP contribution in [0.3, 0.4) is 0 Å². The largest absolute Gasteiger partial charge is 0.378 e. The lowest BCUT2D eigenvalue weighted by molar-refractivity contribution is -0.176. The number of hydrogen-bond donors (Lipinski definition) is 2. The summed E-state index contributed by atoms with van der Waals surface area (Å²) in [6.07, 6.45) is 0.942. The van der Waals surface area contributed by atoms with E-state index in [2.05, 4.69) is 53.5 Å². The van der Waals surface area contributed by atoms with E-state index in [4.69, 9.17) is 9.26 Å². The first-order valence-corrected chi connectivity index (χ1v) is 8.96. The van der Waals surface area contributed by atoms with E-state index in [1.807, 2.05) is 20.8 Å². The van der Waals surface area contributed by atoms with Crippen LogP contribution in [0, 0.1) is 5.41 Å². The minimum absolute atomic E-state index is 0. The van der Waals surface area contributed by atoms with Gasteiger partial charge in [-0.25, -0.2) is 4.99 Å². The Morgan fingerprint density at radius 1 is 1.35 bits per heavy atom. The summed E-state index contributed by atoms with van der Waals surface area (Å²) in [4.78, 5) is 9.04. The average molecular weight is 479 g/mol. The predicted molar refractivity (Wildman–Crippen MR) is 114 cm³/mol. The normalized spacial score (nSPS) is 25.2. The standard InChI is InChI=1S/C18H33N5O2.HI/c1-9-19-15(21-12-10-18(7,24-8)17(12,5)6)20-11-13-22-14(25-23-13)16(2,3)4;/h12H,9-11H2,1-8H3,(H2,19,20,21);1H. The molecule has 26 heavy (non-hydrogen) atoms. The Morgan fingerprint density at radius 2 is 2.00 bits per heavy atom. The van der Waals surface area contributed by atoms with E-state index in [1.165, 1.54) is 0 Å². The minimum Gasteiger partial charge on any atom is -0.378 e. The molecule has 1 fully saturated rings. The van der Waals surface area contributed by atoms with E-state index >= 15 is 0 Å². The molecule has 0 spiro atoms. The van der Waals surface area contributed by atoms with Crippen LogP contribution in [0.4, 0.5) is 0 Å². The Bertz CT molecular complexity index is 623. The van der Waals surface area contributed by atoms with Crippen LogP contribution in [0.5, 0.6) is 0 Å². The fraction of sp³-hybridized carbons (Fsp3) is 0.833. The summed E-state index contributed by atoms with van der Waals surface area (Å²) in [5.74, 6) is 1.99. The SMILES string of the molecule is CCNC(=NCc1noc(C(C)(C)C)n1)NC1CC(C)(OC)C1(C)C.I. The zero-order chi connectivity index (χ0) is 18.9. The highest BCUT2D eigenvalue weighted by Gasteiger charge is 2.58. The summed E-state index contributed by atoms with van der Waals surface area (Å²) in [5.41, 5.74) is -0.251. The first-order chi connectivity index (χ1) is 11.5. The van der Waals surface area contributed by atoms with E-state index in [0.29, 0.717) is 24.3 Å². The van der Waals surface area contributed by atoms with Crippen molar-refractivity contribution in [2.24, 2.45) is 10.4 Å². The highest BCUT2D eigenvalue weighted by molar-refractivity contribution is 14.0. The van der Waals surface area contributed by atoms with Gasteiger partial charge in [0.25, 0.3) is 0 Å². The van der Waals surface area contributed by atoms with Crippen molar-refractivity contribution in [3.63, 3.8) is 0 Å². The third-order valence-corrected chi connectivity index (χ3v) is 5.42. The zero-order valence-corrected chi connectivity index (χ0v) is 19.6. The van der Waals surface area contributed by atoms with Gasteiger partial charge in [-0.3, -0.25) is 0 Å². The maximum Gasteiger partial charge on any atom is 0.232 e. The van der Waals surface area contributed by atoms with E-state index in [-0.39, 0.29) is 40.4 Å². The van der Waals surface area contributed by atoms with Gasteiger partial charge >= 0.3 is 0 Å². The van der Waals surface area contributed by atoms with Crippen molar-refractivity contribution in [2.75, 3.05) is 13.7 Å². The monoisotopic (exact) mass is 479 g/mol. The summed E-state index contributed by atoms with van der Waals surface area (Å²) in [7, 11) is 1.78. The summed E-state index contributed by atoms with van der Waals surface area (Å²) < 4.78 is 11.0. The van der Waals surface area contributed by atoms with Crippen LogP contribution in [-0.4, -0.2) is 41.4 Å². The Kier molecular flexibility index (Phi) is 7.49. The van der Waals surface area contributed by atoms with Gasteiger partial charge in [-0.15, -0.1) is 24.0 Å². The molecule has 2 N–H and O–H groups in total. The molecule has 2 unspecified atom stereocenters. The second kappa shape index (κ2) is 8.41. The van der Waals surface area contributed by atoms with Crippen LogP contribution in [0.15, 0.2) is 9.52 Å². The lowest BCUT2D eigenvalue weighted by atomic mass is 9.56. The van der Waals surface area contributed by atoms with Crippen molar-refractivity contribution in [1.82, 2.24) is 20.8 Å². The first kappa shape index (κ1) is 23.1. The predicted octanol–water partition coefficient (Wildman–Crippen LogP) is 3.24. The van der Waals surface area contributed by atoms with E-state index < -0.39 is 0 Å². The number of guanidine groups is 1. The van der Waals surface area contributed by atoms with Gasteiger partial charge in [0.05, 0.1) is 5.60 Å². The van der Waals surface area contributed by atoms with Crippen LogP contribution < -0.4 is 10.6 Å². The summed E-state index contributed by atoms with van der Waals surface area (Å²) in [6, 6.07) is 0.297. The van der Waals surface area contributed by atoms with Crippen molar-refractivity contribution >= 4 is 29.9 Å². The van der Waals surface area contributed by atoms with E-state index in [1.54, 1.807) is 7.11 Å². The fourth-order valence-electron chi connectivity index (χ4n) is 2.98. The van der Waals surface area contributed by atoms with Gasteiger partial charge in [0.1, 0.15) is 6.54 Å². The highest BCUT2D eigenvalue weighted by atomic mass is 127. The second-order valence-electron chi connectivity index (χ2n) is 8.52. The minimum atomic E-state index is -0.154. The van der Waals surface area contributed by atoms with Crippen molar-refractivity contribution in [1.29, 1.82) is 0 Å². The number of ether oxygens (including phenoxy) is 1. The van der Waals surface area contributed by atoms with Gasteiger partial charge in [0.15, 0.2) is 11.8 Å². The molecule has 1 aliphatic rings. The molecular weight excluding hydrogens is 445 g/mol. The van der Waals surface area contributed by atoms with Crippen LogP contribution in [0.1, 0.15) is 66.6 Å². The lowest BCUT2D eigenvalue weighted by Crippen LogP contribution is -2.69. The molecule has 2 rings (SSSR count). The van der Waals surface area contributed by atoms with Crippen molar-refractivity contribution in [3.8, 4) is 0 Å². The van der Waals surface area contributed by atoms with Gasteiger partial charge in [-0.2, -0.15) is 4.98 Å². The average Bonchev–Trinajstić information content (AvgIpc) is 3.01. The molecule has 0 bridgehead atoms. The summed E-state index contributed by atoms with van der Waals surface area (Å²) in [6.45, 7) is 16.0. The number of nitrogens with zero attached hydrogens (tertiary/aromatic N) is 3. The molecule has 0 aliphatic heterocycles. The molecule has 150 valence electrons. The smallest absolute Gasteiger partial charge is 0.232 e. The number of halogens is 1. The molecule has 1 aromatic heterocycles. The molecule has 0 radical (unpaired) electrons. The Balaban J connectivity index is 0.00000338. The van der Waals surface area contributed by atoms with Crippen molar-refractivity contribution in [3.05, 3.63) is 11.7 Å². The third kappa shape index (κ3) is 4.68. The quantitative estimate of drug-likeness (QED) is 0.383. The maximum absolute atomic E-state index is 5.69. The Morgan fingerprint density at radius 3 is 2.46 bits per heavy atom. The zero-order valence-electron chi connectivity index (χ0n) is 17.3. The first-order valence-electron chi connectivity index (χ1n) is 8.96. The Hall–Kier alpha value is -0.900. The molecule has 1 heterocycles. The number of methoxy groups -OCH3 is 1. The Labute approximate surface area is 174 Å². The van der Waals surface area contributed by atoms with Crippen LogP contribution in [0.2, 0.25) is 0 Å².